The van der Waals surface area contributed by atoms with Crippen LogP contribution in [0, 0.1) is 5.82 Å². The van der Waals surface area contributed by atoms with Crippen molar-refractivity contribution in [3.8, 4) is 0 Å². The highest BCUT2D eigenvalue weighted by atomic mass is 19.1. The number of esters is 1. The van der Waals surface area contributed by atoms with Crippen molar-refractivity contribution in [2.45, 2.75) is 19.4 Å². The van der Waals surface area contributed by atoms with E-state index in [1.165, 1.54) is 25.3 Å². The molecule has 82 valence electrons. The first kappa shape index (κ1) is 11.7. The maximum absolute atomic E-state index is 13.1. The maximum atomic E-state index is 13.1. The zero-order chi connectivity index (χ0) is 11.4. The lowest BCUT2D eigenvalue weighted by molar-refractivity contribution is -0.150. The Kier molecular flexibility index (Phi) is 3.80. The number of benzene rings is 1. The zero-order valence-electron chi connectivity index (χ0n) is 8.66. The Labute approximate surface area is 87.5 Å². The molecule has 15 heavy (non-hydrogen) atoms. The van der Waals surface area contributed by atoms with E-state index in [0.29, 0.717) is 17.5 Å². The molecule has 1 atom stereocenters. The third-order valence-electron chi connectivity index (χ3n) is 2.19. The smallest absolute Gasteiger partial charge is 0.339 e. The molecule has 0 saturated heterocycles. The number of aliphatic hydroxyl groups excluding tert-OH is 1. The molecule has 4 heteroatoms. The fraction of sp³-hybridized carbons (Fsp3) is 0.364. The first-order valence-electron chi connectivity index (χ1n) is 4.64. The summed E-state index contributed by atoms with van der Waals surface area (Å²) in [6.45, 7) is 1.80. The van der Waals surface area contributed by atoms with E-state index < -0.39 is 12.1 Å². The quantitative estimate of drug-likeness (QED) is 0.774. The number of carbonyl (C=O) groups is 1. The fourth-order valence-electron chi connectivity index (χ4n) is 1.28. The van der Waals surface area contributed by atoms with E-state index in [0.717, 1.165) is 0 Å². The lowest BCUT2D eigenvalue weighted by Crippen LogP contribution is -2.13. The van der Waals surface area contributed by atoms with E-state index >= 15 is 0 Å². The van der Waals surface area contributed by atoms with Gasteiger partial charge in [0.25, 0.3) is 0 Å². The Bertz CT molecular complexity index is 363. The minimum absolute atomic E-state index is 0.335. The van der Waals surface area contributed by atoms with Crippen LogP contribution in [0.15, 0.2) is 18.2 Å². The van der Waals surface area contributed by atoms with Gasteiger partial charge in [0, 0.05) is 0 Å². The van der Waals surface area contributed by atoms with E-state index in [-0.39, 0.29) is 5.82 Å². The van der Waals surface area contributed by atoms with Gasteiger partial charge in [-0.25, -0.2) is 9.18 Å². The van der Waals surface area contributed by atoms with Crippen LogP contribution in [-0.4, -0.2) is 18.2 Å². The van der Waals surface area contributed by atoms with Crippen LogP contribution in [0.1, 0.15) is 24.2 Å². The molecule has 0 bridgehead atoms. The number of halogens is 1. The van der Waals surface area contributed by atoms with E-state index in [9.17, 15) is 14.3 Å². The van der Waals surface area contributed by atoms with E-state index in [1.807, 2.05) is 0 Å². The van der Waals surface area contributed by atoms with Crippen LogP contribution in [0.25, 0.3) is 0 Å². The second kappa shape index (κ2) is 4.89. The van der Waals surface area contributed by atoms with Gasteiger partial charge in [-0.3, -0.25) is 0 Å². The first-order valence-corrected chi connectivity index (χ1v) is 4.64. The van der Waals surface area contributed by atoms with Crippen molar-refractivity contribution in [2.75, 3.05) is 7.11 Å². The van der Waals surface area contributed by atoms with Gasteiger partial charge in [-0.1, -0.05) is 13.0 Å². The summed E-state index contributed by atoms with van der Waals surface area (Å²) in [4.78, 5) is 11.0. The average Bonchev–Trinajstić information content (AvgIpc) is 2.27. The van der Waals surface area contributed by atoms with Crippen molar-refractivity contribution in [3.63, 3.8) is 0 Å². The number of rotatable bonds is 3. The molecule has 3 nitrogen and oxygen atoms in total. The van der Waals surface area contributed by atoms with Crippen LogP contribution < -0.4 is 0 Å². The van der Waals surface area contributed by atoms with E-state index in [1.54, 1.807) is 6.92 Å². The third kappa shape index (κ3) is 2.53. The minimum Gasteiger partial charge on any atom is -0.467 e. The number of carbonyl (C=O) groups excluding carboxylic acids is 1. The predicted molar refractivity (Wildman–Crippen MR) is 52.8 cm³/mol. The molecule has 0 aromatic heterocycles. The number of aryl methyl sites for hydroxylation is 1. The van der Waals surface area contributed by atoms with E-state index in [4.69, 9.17) is 0 Å². The SMILES string of the molecule is CCc1cc(C(O)C(=O)OC)ccc1F. The van der Waals surface area contributed by atoms with Crippen molar-refractivity contribution in [2.24, 2.45) is 0 Å². The molecule has 0 saturated carbocycles. The van der Waals surface area contributed by atoms with Gasteiger partial charge in [-0.15, -0.1) is 0 Å². The molecular formula is C11H13FO3. The van der Waals surface area contributed by atoms with E-state index in [2.05, 4.69) is 4.74 Å². The Morgan fingerprint density at radius 2 is 2.27 bits per heavy atom. The zero-order valence-corrected chi connectivity index (χ0v) is 8.66. The first-order chi connectivity index (χ1) is 7.10. The largest absolute Gasteiger partial charge is 0.467 e. The van der Waals surface area contributed by atoms with Crippen LogP contribution in [0.3, 0.4) is 0 Å². The number of hydrogen-bond acceptors (Lipinski definition) is 3. The van der Waals surface area contributed by atoms with Crippen molar-refractivity contribution < 1.29 is 19.0 Å². The highest BCUT2D eigenvalue weighted by molar-refractivity contribution is 5.76. The molecule has 1 aromatic rings. The molecule has 0 amide bonds. The monoisotopic (exact) mass is 212 g/mol. The summed E-state index contributed by atoms with van der Waals surface area (Å²) in [5, 5.41) is 9.50. The molecule has 1 N–H and O–H groups in total. The lowest BCUT2D eigenvalue weighted by atomic mass is 10.0. The molecular weight excluding hydrogens is 199 g/mol. The van der Waals surface area contributed by atoms with Gasteiger partial charge in [0.05, 0.1) is 7.11 Å². The standard InChI is InChI=1S/C11H13FO3/c1-3-7-6-8(4-5-9(7)12)10(13)11(14)15-2/h4-6,10,13H,3H2,1-2H3. The molecule has 1 aromatic carbocycles. The normalized spacial score (nSPS) is 12.3. The second-order valence-corrected chi connectivity index (χ2v) is 3.13. The molecule has 0 aliphatic carbocycles. The van der Waals surface area contributed by atoms with Gasteiger partial charge in [0.1, 0.15) is 5.82 Å². The summed E-state index contributed by atoms with van der Waals surface area (Å²) in [6.07, 6.45) is -0.839. The number of methoxy groups -OCH3 is 1. The van der Waals surface area contributed by atoms with Crippen LogP contribution >= 0.6 is 0 Å². The summed E-state index contributed by atoms with van der Waals surface area (Å²) in [5.74, 6) is -1.08. The average molecular weight is 212 g/mol. The highest BCUT2D eigenvalue weighted by Crippen LogP contribution is 2.18. The Morgan fingerprint density at radius 1 is 1.60 bits per heavy atom. The Hall–Kier alpha value is -1.42. The van der Waals surface area contributed by atoms with Crippen LogP contribution in [0.2, 0.25) is 0 Å². The Morgan fingerprint density at radius 3 is 2.80 bits per heavy atom. The van der Waals surface area contributed by atoms with Gasteiger partial charge in [0.15, 0.2) is 6.10 Å². The summed E-state index contributed by atoms with van der Waals surface area (Å²) >= 11 is 0. The van der Waals surface area contributed by atoms with Crippen molar-refractivity contribution in [3.05, 3.63) is 35.1 Å². The van der Waals surface area contributed by atoms with Crippen LogP contribution in [0.5, 0.6) is 0 Å². The third-order valence-corrected chi connectivity index (χ3v) is 2.19. The molecule has 0 fully saturated rings. The molecule has 1 unspecified atom stereocenters. The number of aliphatic hydroxyl groups is 1. The summed E-state index contributed by atoms with van der Waals surface area (Å²) < 4.78 is 17.5. The van der Waals surface area contributed by atoms with Crippen LogP contribution in [0.4, 0.5) is 4.39 Å². The van der Waals surface area contributed by atoms with Crippen molar-refractivity contribution in [1.29, 1.82) is 0 Å². The molecule has 0 spiro atoms. The van der Waals surface area contributed by atoms with Gasteiger partial charge in [-0.05, 0) is 29.7 Å². The minimum atomic E-state index is -1.35. The lowest BCUT2D eigenvalue weighted by Gasteiger charge is -2.10. The van der Waals surface area contributed by atoms with Crippen molar-refractivity contribution in [1.82, 2.24) is 0 Å². The van der Waals surface area contributed by atoms with Gasteiger partial charge in [0.2, 0.25) is 0 Å². The predicted octanol–water partition coefficient (Wildman–Crippen LogP) is 1.59. The molecule has 0 radical (unpaired) electrons. The second-order valence-electron chi connectivity index (χ2n) is 3.13. The maximum Gasteiger partial charge on any atom is 0.339 e. The van der Waals surface area contributed by atoms with Gasteiger partial charge >= 0.3 is 5.97 Å². The van der Waals surface area contributed by atoms with Crippen LogP contribution in [-0.2, 0) is 16.0 Å². The summed E-state index contributed by atoms with van der Waals surface area (Å²) in [7, 11) is 1.19. The number of ether oxygens (including phenoxy) is 1. The number of hydrogen-bond donors (Lipinski definition) is 1. The Balaban J connectivity index is 3.00. The topological polar surface area (TPSA) is 46.5 Å². The highest BCUT2D eigenvalue weighted by Gasteiger charge is 2.18. The molecule has 0 heterocycles. The fourth-order valence-corrected chi connectivity index (χ4v) is 1.28. The van der Waals surface area contributed by atoms with Gasteiger partial charge in [-0.2, -0.15) is 0 Å². The van der Waals surface area contributed by atoms with Gasteiger partial charge < -0.3 is 9.84 Å². The van der Waals surface area contributed by atoms with Crippen molar-refractivity contribution >= 4 is 5.97 Å². The molecule has 0 aliphatic rings. The summed E-state index contributed by atoms with van der Waals surface area (Å²) in [6, 6.07) is 4.08. The molecule has 1 rings (SSSR count). The summed E-state index contributed by atoms with van der Waals surface area (Å²) in [5.41, 5.74) is 0.815. The molecule has 0 aliphatic heterocycles.